The third-order valence-electron chi connectivity index (χ3n) is 3.59. The highest BCUT2D eigenvalue weighted by molar-refractivity contribution is 6.34. The minimum atomic E-state index is -4.92. The highest BCUT2D eigenvalue weighted by Crippen LogP contribution is 2.21. The number of carbonyl (C=O) groups excluding carboxylic acids is 2. The number of hydrogen-bond acceptors (Lipinski definition) is 2. The van der Waals surface area contributed by atoms with Gasteiger partial charge in [0.05, 0.1) is 10.6 Å². The Morgan fingerprint density at radius 2 is 1.81 bits per heavy atom. The van der Waals surface area contributed by atoms with E-state index >= 15 is 0 Å². The van der Waals surface area contributed by atoms with Gasteiger partial charge in [-0.15, -0.1) is 0 Å². The lowest BCUT2D eigenvalue weighted by molar-refractivity contribution is -0.185. The number of hydrogen-bond donors (Lipinski definition) is 1. The van der Waals surface area contributed by atoms with E-state index in [2.05, 4.69) is 5.32 Å². The quantitative estimate of drug-likeness (QED) is 0.825. The van der Waals surface area contributed by atoms with E-state index in [1.807, 2.05) is 0 Å². The molecule has 2 amide bonds. The van der Waals surface area contributed by atoms with Gasteiger partial charge < -0.3 is 10.2 Å². The molecule has 138 valence electrons. The minimum absolute atomic E-state index is 0.0887. The van der Waals surface area contributed by atoms with Crippen LogP contribution >= 0.6 is 11.6 Å². The van der Waals surface area contributed by atoms with E-state index in [1.54, 1.807) is 42.5 Å². The molecule has 0 saturated heterocycles. The van der Waals surface area contributed by atoms with Gasteiger partial charge in [-0.1, -0.05) is 35.9 Å². The summed E-state index contributed by atoms with van der Waals surface area (Å²) in [6.07, 6.45) is -4.92. The van der Waals surface area contributed by atoms with Gasteiger partial charge in [-0.3, -0.25) is 9.59 Å². The van der Waals surface area contributed by atoms with E-state index in [0.29, 0.717) is 16.2 Å². The van der Waals surface area contributed by atoms with Crippen LogP contribution in [0.4, 0.5) is 18.9 Å². The third kappa shape index (κ3) is 4.98. The molecule has 0 aromatic heterocycles. The Kier molecular flexibility index (Phi) is 6.26. The van der Waals surface area contributed by atoms with Crippen molar-refractivity contribution in [2.75, 3.05) is 11.9 Å². The summed E-state index contributed by atoms with van der Waals surface area (Å²) in [6.45, 7) is 1.16. The highest BCUT2D eigenvalue weighted by atomic mass is 35.5. The summed E-state index contributed by atoms with van der Waals surface area (Å²) in [5.74, 6) is -2.34. The molecule has 0 atom stereocenters. The van der Waals surface area contributed by atoms with Crippen LogP contribution in [-0.2, 0) is 11.3 Å². The molecule has 0 spiro atoms. The summed E-state index contributed by atoms with van der Waals surface area (Å²) < 4.78 is 37.8. The maximum Gasteiger partial charge on any atom is 0.471 e. The van der Waals surface area contributed by atoms with Gasteiger partial charge in [-0.25, -0.2) is 0 Å². The number of carbonyl (C=O) groups is 2. The summed E-state index contributed by atoms with van der Waals surface area (Å²) >= 11 is 5.97. The van der Waals surface area contributed by atoms with Crippen molar-refractivity contribution in [3.8, 4) is 0 Å². The summed E-state index contributed by atoms with van der Waals surface area (Å²) in [4.78, 5) is 24.3. The molecular formula is C18H16ClF3N2O2. The molecule has 2 aromatic carbocycles. The summed E-state index contributed by atoms with van der Waals surface area (Å²) in [5.41, 5.74) is 1.13. The molecule has 0 heterocycles. The van der Waals surface area contributed by atoms with Crippen LogP contribution in [-0.4, -0.2) is 29.4 Å². The van der Waals surface area contributed by atoms with E-state index in [9.17, 15) is 22.8 Å². The molecule has 0 aliphatic heterocycles. The lowest BCUT2D eigenvalue weighted by Crippen LogP contribution is -2.40. The zero-order chi connectivity index (χ0) is 19.3. The maximum absolute atomic E-state index is 12.6. The number of benzene rings is 2. The Hall–Kier alpha value is -2.54. The number of nitrogens with one attached hydrogen (secondary N) is 1. The molecule has 0 aliphatic carbocycles. The number of alkyl halides is 3. The lowest BCUT2D eigenvalue weighted by atomic mass is 10.1. The van der Waals surface area contributed by atoms with Crippen molar-refractivity contribution in [1.82, 2.24) is 4.90 Å². The number of amides is 2. The second-order valence-electron chi connectivity index (χ2n) is 5.45. The van der Waals surface area contributed by atoms with Gasteiger partial charge in [-0.05, 0) is 36.8 Å². The number of anilines is 1. The van der Waals surface area contributed by atoms with Crippen molar-refractivity contribution in [3.63, 3.8) is 0 Å². The molecule has 2 rings (SSSR count). The average molecular weight is 385 g/mol. The fourth-order valence-corrected chi connectivity index (χ4v) is 2.54. The van der Waals surface area contributed by atoms with Gasteiger partial charge in [0.25, 0.3) is 5.91 Å². The summed E-state index contributed by atoms with van der Waals surface area (Å²) in [5, 5.41) is 2.93. The Labute approximate surface area is 153 Å². The average Bonchev–Trinajstić information content (AvgIpc) is 2.59. The molecule has 4 nitrogen and oxygen atoms in total. The number of nitrogens with zero attached hydrogens (tertiary/aromatic N) is 1. The van der Waals surface area contributed by atoms with Gasteiger partial charge >= 0.3 is 12.1 Å². The van der Waals surface area contributed by atoms with E-state index in [-0.39, 0.29) is 23.7 Å². The largest absolute Gasteiger partial charge is 0.471 e. The number of halogens is 4. The molecule has 0 bridgehead atoms. The molecule has 0 aliphatic rings. The van der Waals surface area contributed by atoms with Crippen molar-refractivity contribution in [1.29, 1.82) is 0 Å². The first kappa shape index (κ1) is 19.8. The second kappa shape index (κ2) is 8.23. The Morgan fingerprint density at radius 1 is 1.12 bits per heavy atom. The van der Waals surface area contributed by atoms with Crippen molar-refractivity contribution < 1.29 is 22.8 Å². The van der Waals surface area contributed by atoms with Crippen LogP contribution in [0.25, 0.3) is 0 Å². The monoisotopic (exact) mass is 384 g/mol. The molecule has 0 radical (unpaired) electrons. The van der Waals surface area contributed by atoms with Crippen molar-refractivity contribution in [2.45, 2.75) is 19.6 Å². The predicted molar refractivity (Wildman–Crippen MR) is 93.0 cm³/mol. The second-order valence-corrected chi connectivity index (χ2v) is 5.86. The van der Waals surface area contributed by atoms with Crippen molar-refractivity contribution >= 4 is 29.1 Å². The van der Waals surface area contributed by atoms with Gasteiger partial charge in [0.15, 0.2) is 0 Å². The minimum Gasteiger partial charge on any atom is -0.331 e. The van der Waals surface area contributed by atoms with Crippen LogP contribution in [0.2, 0.25) is 5.02 Å². The molecule has 8 heteroatoms. The molecular weight excluding hydrogens is 369 g/mol. The fourth-order valence-electron chi connectivity index (χ4n) is 2.32. The third-order valence-corrected chi connectivity index (χ3v) is 3.92. The van der Waals surface area contributed by atoms with E-state index in [4.69, 9.17) is 11.6 Å². The van der Waals surface area contributed by atoms with Crippen LogP contribution in [0.1, 0.15) is 22.8 Å². The Bertz CT molecular complexity index is 809. The fraction of sp³-hybridized carbons (Fsp3) is 0.222. The normalized spacial score (nSPS) is 11.1. The van der Waals surface area contributed by atoms with E-state index < -0.39 is 18.0 Å². The topological polar surface area (TPSA) is 49.4 Å². The van der Waals surface area contributed by atoms with Crippen LogP contribution < -0.4 is 5.32 Å². The van der Waals surface area contributed by atoms with Crippen molar-refractivity contribution in [2.24, 2.45) is 0 Å². The first-order valence-corrected chi connectivity index (χ1v) is 8.11. The lowest BCUT2D eigenvalue weighted by Gasteiger charge is -2.22. The molecule has 0 fully saturated rings. The van der Waals surface area contributed by atoms with Crippen LogP contribution in [0.3, 0.4) is 0 Å². The highest BCUT2D eigenvalue weighted by Gasteiger charge is 2.41. The molecule has 1 N–H and O–H groups in total. The smallest absolute Gasteiger partial charge is 0.331 e. The first-order chi connectivity index (χ1) is 12.2. The zero-order valence-electron chi connectivity index (χ0n) is 13.8. The maximum atomic E-state index is 12.6. The van der Waals surface area contributed by atoms with E-state index in [0.717, 1.165) is 0 Å². The number of rotatable bonds is 5. The predicted octanol–water partition coefficient (Wildman–Crippen LogP) is 4.50. The SMILES string of the molecule is CCN(Cc1cccc(NC(=O)c2ccccc2Cl)c1)C(=O)C(F)(F)F. The van der Waals surface area contributed by atoms with Crippen molar-refractivity contribution in [3.05, 3.63) is 64.7 Å². The van der Waals surface area contributed by atoms with E-state index in [1.165, 1.54) is 13.0 Å². The Balaban J connectivity index is 2.14. The van der Waals surface area contributed by atoms with Gasteiger partial charge in [0.2, 0.25) is 0 Å². The summed E-state index contributed by atoms with van der Waals surface area (Å²) in [6, 6.07) is 12.8. The summed E-state index contributed by atoms with van der Waals surface area (Å²) in [7, 11) is 0. The van der Waals surface area contributed by atoms with Crippen LogP contribution in [0.5, 0.6) is 0 Å². The van der Waals surface area contributed by atoms with Gasteiger partial charge in [0.1, 0.15) is 0 Å². The van der Waals surface area contributed by atoms with Crippen LogP contribution in [0, 0.1) is 0 Å². The molecule has 2 aromatic rings. The zero-order valence-corrected chi connectivity index (χ0v) is 14.6. The molecule has 0 unspecified atom stereocenters. The van der Waals surface area contributed by atoms with Gasteiger partial charge in [-0.2, -0.15) is 13.2 Å². The molecule has 0 saturated carbocycles. The Morgan fingerprint density at radius 3 is 2.42 bits per heavy atom. The standard InChI is InChI=1S/C18H16ClF3N2O2/c1-2-24(17(26)18(20,21)22)11-12-6-5-7-13(10-12)23-16(25)14-8-3-4-9-15(14)19/h3-10H,2,11H2,1H3,(H,23,25). The van der Waals surface area contributed by atoms with Crippen LogP contribution in [0.15, 0.2) is 48.5 Å². The molecule has 26 heavy (non-hydrogen) atoms. The van der Waals surface area contributed by atoms with Gasteiger partial charge in [0, 0.05) is 18.8 Å². The first-order valence-electron chi connectivity index (χ1n) is 7.73.